The second-order valence-electron chi connectivity index (χ2n) is 3.35. The molecular weight excluding hydrogens is 332 g/mol. The molecule has 94 valence electrons. The van der Waals surface area contributed by atoms with E-state index in [-0.39, 0.29) is 15.3 Å². The van der Waals surface area contributed by atoms with Gasteiger partial charge in [0.1, 0.15) is 5.69 Å². The highest BCUT2D eigenvalue weighted by Gasteiger charge is 2.13. The lowest BCUT2D eigenvalue weighted by Crippen LogP contribution is -2.01. The number of nitrogens with one attached hydrogen (secondary N) is 1. The Balaban J connectivity index is 2.40. The first-order chi connectivity index (χ1) is 8.47. The van der Waals surface area contributed by atoms with Crippen LogP contribution in [0, 0.1) is 17.5 Å². The fourth-order valence-corrected chi connectivity index (χ4v) is 1.83. The Morgan fingerprint density at radius 2 is 1.67 bits per heavy atom. The number of anilines is 2. The summed E-state index contributed by atoms with van der Waals surface area (Å²) in [5, 5.41) is 2.34. The molecule has 18 heavy (non-hydrogen) atoms. The van der Waals surface area contributed by atoms with E-state index in [0.29, 0.717) is 0 Å². The molecule has 0 saturated heterocycles. The van der Waals surface area contributed by atoms with Gasteiger partial charge in [-0.3, -0.25) is 0 Å². The van der Waals surface area contributed by atoms with Gasteiger partial charge >= 0.3 is 0 Å². The van der Waals surface area contributed by atoms with Gasteiger partial charge in [-0.15, -0.1) is 0 Å². The maximum atomic E-state index is 13.5. The zero-order valence-electron chi connectivity index (χ0n) is 8.65. The van der Waals surface area contributed by atoms with E-state index >= 15 is 0 Å². The minimum atomic E-state index is -0.863. The molecule has 0 radical (unpaired) electrons. The molecule has 1 aromatic heterocycles. The van der Waals surface area contributed by atoms with Gasteiger partial charge in [-0.25, -0.2) is 18.2 Å². The van der Waals surface area contributed by atoms with Gasteiger partial charge in [0.2, 0.25) is 0 Å². The molecule has 0 bridgehead atoms. The molecule has 1 N–H and O–H groups in total. The molecule has 0 fully saturated rings. The van der Waals surface area contributed by atoms with Crippen molar-refractivity contribution >= 4 is 39.0 Å². The van der Waals surface area contributed by atoms with E-state index in [2.05, 4.69) is 26.2 Å². The molecule has 0 amide bonds. The predicted octanol–water partition coefficient (Wildman–Crippen LogP) is 4.66. The average molecular weight is 338 g/mol. The Kier molecular flexibility index (Phi) is 3.77. The Morgan fingerprint density at radius 1 is 1.06 bits per heavy atom. The van der Waals surface area contributed by atoms with Gasteiger partial charge < -0.3 is 5.32 Å². The van der Waals surface area contributed by atoms with Gasteiger partial charge in [-0.2, -0.15) is 0 Å². The van der Waals surface area contributed by atoms with Crippen LogP contribution < -0.4 is 5.32 Å². The molecule has 0 aliphatic carbocycles. The molecule has 2 nitrogen and oxygen atoms in total. The monoisotopic (exact) mass is 336 g/mol. The first kappa shape index (κ1) is 13.2. The molecule has 0 spiro atoms. The van der Waals surface area contributed by atoms with Crippen LogP contribution in [-0.4, -0.2) is 4.98 Å². The minimum absolute atomic E-state index is 0.0924. The normalized spacial score (nSPS) is 10.5. The van der Waals surface area contributed by atoms with E-state index in [1.165, 1.54) is 6.20 Å². The number of nitrogens with zero attached hydrogens (tertiary/aromatic N) is 1. The van der Waals surface area contributed by atoms with Gasteiger partial charge in [-0.1, -0.05) is 27.5 Å². The van der Waals surface area contributed by atoms with Crippen LogP contribution in [0.1, 0.15) is 0 Å². The van der Waals surface area contributed by atoms with Crippen molar-refractivity contribution < 1.29 is 13.2 Å². The molecule has 0 aliphatic rings. The van der Waals surface area contributed by atoms with E-state index in [4.69, 9.17) is 11.6 Å². The summed E-state index contributed by atoms with van der Waals surface area (Å²) in [4.78, 5) is 3.61. The molecule has 0 saturated carbocycles. The van der Waals surface area contributed by atoms with Crippen molar-refractivity contribution in [3.8, 4) is 0 Å². The Labute approximate surface area is 114 Å². The van der Waals surface area contributed by atoms with Crippen molar-refractivity contribution in [2.45, 2.75) is 0 Å². The van der Waals surface area contributed by atoms with Crippen molar-refractivity contribution in [1.82, 2.24) is 4.98 Å². The molecular formula is C11H5BrClF3N2. The third kappa shape index (κ3) is 2.76. The SMILES string of the molecule is Fc1cc(Cl)cnc1Nc1c(F)cc(Br)cc1F. The van der Waals surface area contributed by atoms with Gasteiger partial charge in [0, 0.05) is 10.7 Å². The summed E-state index contributed by atoms with van der Waals surface area (Å²) in [6, 6.07) is 3.10. The summed E-state index contributed by atoms with van der Waals surface area (Å²) >= 11 is 8.46. The lowest BCUT2D eigenvalue weighted by Gasteiger charge is -2.09. The van der Waals surface area contributed by atoms with Crippen molar-refractivity contribution in [2.24, 2.45) is 0 Å². The highest BCUT2D eigenvalue weighted by Crippen LogP contribution is 2.27. The van der Waals surface area contributed by atoms with Crippen LogP contribution in [0.25, 0.3) is 0 Å². The smallest absolute Gasteiger partial charge is 0.167 e. The second kappa shape index (κ2) is 5.16. The van der Waals surface area contributed by atoms with Gasteiger partial charge in [0.25, 0.3) is 0 Å². The molecule has 2 rings (SSSR count). The minimum Gasteiger partial charge on any atom is -0.333 e. The second-order valence-corrected chi connectivity index (χ2v) is 4.71. The zero-order chi connectivity index (χ0) is 13.3. The lowest BCUT2D eigenvalue weighted by molar-refractivity contribution is 0.587. The Morgan fingerprint density at radius 3 is 2.22 bits per heavy atom. The molecule has 1 aromatic carbocycles. The van der Waals surface area contributed by atoms with Crippen LogP contribution >= 0.6 is 27.5 Å². The number of aromatic nitrogens is 1. The number of hydrogen-bond donors (Lipinski definition) is 1. The fraction of sp³-hybridized carbons (Fsp3) is 0. The van der Waals surface area contributed by atoms with Crippen molar-refractivity contribution in [3.63, 3.8) is 0 Å². The number of halogens is 5. The molecule has 0 unspecified atom stereocenters. The Hall–Kier alpha value is -1.27. The van der Waals surface area contributed by atoms with Crippen LogP contribution in [0.4, 0.5) is 24.7 Å². The Bertz CT molecular complexity index is 584. The third-order valence-electron chi connectivity index (χ3n) is 2.06. The predicted molar refractivity (Wildman–Crippen MR) is 66.5 cm³/mol. The number of hydrogen-bond acceptors (Lipinski definition) is 2. The van der Waals surface area contributed by atoms with Crippen LogP contribution in [0.5, 0.6) is 0 Å². The third-order valence-corrected chi connectivity index (χ3v) is 2.72. The van der Waals surface area contributed by atoms with Crippen LogP contribution in [0.3, 0.4) is 0 Å². The molecule has 0 atom stereocenters. The fourth-order valence-electron chi connectivity index (χ4n) is 1.29. The standard InChI is InChI=1S/C11H5BrClF3N2/c12-5-1-7(14)10(8(15)2-5)18-11-9(16)3-6(13)4-17-11/h1-4H,(H,17,18). The largest absolute Gasteiger partial charge is 0.333 e. The zero-order valence-corrected chi connectivity index (χ0v) is 11.0. The van der Waals surface area contributed by atoms with E-state index in [0.717, 1.165) is 18.2 Å². The highest BCUT2D eigenvalue weighted by molar-refractivity contribution is 9.10. The van der Waals surface area contributed by atoms with Crippen molar-refractivity contribution in [1.29, 1.82) is 0 Å². The molecule has 2 aromatic rings. The first-order valence-electron chi connectivity index (χ1n) is 4.70. The van der Waals surface area contributed by atoms with Crippen LogP contribution in [0.15, 0.2) is 28.9 Å². The van der Waals surface area contributed by atoms with Gasteiger partial charge in [-0.05, 0) is 18.2 Å². The summed E-state index contributed by atoms with van der Waals surface area (Å²) in [5.41, 5.74) is -0.480. The average Bonchev–Trinajstić information content (AvgIpc) is 2.25. The number of rotatable bonds is 2. The van der Waals surface area contributed by atoms with Gasteiger partial charge in [0.05, 0.1) is 5.02 Å². The first-order valence-corrected chi connectivity index (χ1v) is 5.87. The quantitative estimate of drug-likeness (QED) is 0.862. The summed E-state index contributed by atoms with van der Waals surface area (Å²) in [6.45, 7) is 0. The molecule has 0 aliphatic heterocycles. The van der Waals surface area contributed by atoms with Crippen molar-refractivity contribution in [2.75, 3.05) is 5.32 Å². The summed E-state index contributed by atoms with van der Waals surface area (Å²) in [5.74, 6) is -2.83. The van der Waals surface area contributed by atoms with E-state index in [9.17, 15) is 13.2 Å². The lowest BCUT2D eigenvalue weighted by atomic mass is 10.3. The van der Waals surface area contributed by atoms with E-state index in [1.54, 1.807) is 0 Å². The molecule has 1 heterocycles. The summed E-state index contributed by atoms with van der Waals surface area (Å²) < 4.78 is 40.7. The number of pyridine rings is 1. The summed E-state index contributed by atoms with van der Waals surface area (Å²) in [7, 11) is 0. The van der Waals surface area contributed by atoms with E-state index < -0.39 is 23.1 Å². The van der Waals surface area contributed by atoms with Crippen LogP contribution in [-0.2, 0) is 0 Å². The summed E-state index contributed by atoms with van der Waals surface area (Å²) in [6.07, 6.45) is 1.17. The van der Waals surface area contributed by atoms with Crippen molar-refractivity contribution in [3.05, 3.63) is 51.3 Å². The van der Waals surface area contributed by atoms with Crippen LogP contribution in [0.2, 0.25) is 5.02 Å². The maximum absolute atomic E-state index is 13.5. The number of benzene rings is 1. The van der Waals surface area contributed by atoms with E-state index in [1.807, 2.05) is 0 Å². The molecule has 7 heteroatoms. The van der Waals surface area contributed by atoms with Gasteiger partial charge in [0.15, 0.2) is 23.3 Å². The highest BCUT2D eigenvalue weighted by atomic mass is 79.9. The topological polar surface area (TPSA) is 24.9 Å². The maximum Gasteiger partial charge on any atom is 0.167 e.